The minimum Gasteiger partial charge on any atom is -0.465 e. The summed E-state index contributed by atoms with van der Waals surface area (Å²) in [4.78, 5) is 34.7. The zero-order valence-corrected chi connectivity index (χ0v) is 23.8. The van der Waals surface area contributed by atoms with Gasteiger partial charge in [0.05, 0.1) is 23.9 Å². The van der Waals surface area contributed by atoms with E-state index in [0.29, 0.717) is 25.5 Å². The second-order valence-corrected chi connectivity index (χ2v) is 12.7. The van der Waals surface area contributed by atoms with Crippen LogP contribution in [0.5, 0.6) is 0 Å². The van der Waals surface area contributed by atoms with E-state index in [0.717, 1.165) is 13.4 Å². The summed E-state index contributed by atoms with van der Waals surface area (Å²) < 4.78 is 77.2. The van der Waals surface area contributed by atoms with Crippen LogP contribution in [0, 0.1) is 0 Å². The highest BCUT2D eigenvalue weighted by Crippen LogP contribution is 2.40. The molecule has 2 atom stereocenters. The molecule has 0 radical (unpaired) electrons. The van der Waals surface area contributed by atoms with Crippen molar-refractivity contribution in [3.63, 3.8) is 0 Å². The fraction of sp³-hybridized carbons (Fsp3) is 0.462. The number of carbonyl (C=O) groups is 2. The van der Waals surface area contributed by atoms with Gasteiger partial charge in [0, 0.05) is 41.7 Å². The van der Waals surface area contributed by atoms with E-state index in [2.05, 4.69) is 30.3 Å². The van der Waals surface area contributed by atoms with Gasteiger partial charge in [-0.15, -0.1) is 0 Å². The third kappa shape index (κ3) is 6.72. The monoisotopic (exact) mass is 597 g/mol. The van der Waals surface area contributed by atoms with Gasteiger partial charge < -0.3 is 25.1 Å². The van der Waals surface area contributed by atoms with Crippen LogP contribution in [-0.2, 0) is 25.5 Å². The number of esters is 1. The Balaban J connectivity index is 1.69. The molecular formula is C26H30F3N5O6S. The normalized spacial score (nSPS) is 17.9. The number of alkyl halides is 3. The number of ether oxygens (including phenoxy) is 2. The Morgan fingerprint density at radius 1 is 1.12 bits per heavy atom. The molecule has 2 heterocycles. The number of aromatic amines is 1. The third-order valence-electron chi connectivity index (χ3n) is 6.42. The molecule has 2 aromatic heterocycles. The Bertz CT molecular complexity index is 1600. The Hall–Kier alpha value is -3.88. The van der Waals surface area contributed by atoms with Gasteiger partial charge in [0.2, 0.25) is 5.95 Å². The van der Waals surface area contributed by atoms with Crippen molar-refractivity contribution in [2.75, 3.05) is 18.7 Å². The van der Waals surface area contributed by atoms with E-state index in [1.165, 1.54) is 18.3 Å². The molecule has 3 aromatic rings. The van der Waals surface area contributed by atoms with E-state index in [1.807, 2.05) is 0 Å². The number of halogens is 3. The van der Waals surface area contributed by atoms with E-state index in [9.17, 15) is 31.2 Å². The highest BCUT2D eigenvalue weighted by molar-refractivity contribution is 7.91. The molecule has 1 amide bonds. The number of anilines is 1. The lowest BCUT2D eigenvalue weighted by atomic mass is 10.0. The number of hydrogen-bond acceptors (Lipinski definition) is 9. The highest BCUT2D eigenvalue weighted by atomic mass is 32.2. The summed E-state index contributed by atoms with van der Waals surface area (Å²) in [6, 6.07) is 2.08. The quantitative estimate of drug-likeness (QED) is 0.344. The van der Waals surface area contributed by atoms with Crippen LogP contribution in [0.15, 0.2) is 29.4 Å². The molecule has 0 saturated heterocycles. The maximum absolute atomic E-state index is 14.0. The second kappa shape index (κ2) is 10.8. The predicted octanol–water partition coefficient (Wildman–Crippen LogP) is 4.69. The first-order valence-corrected chi connectivity index (χ1v) is 14.5. The largest absolute Gasteiger partial charge is 0.465 e. The van der Waals surface area contributed by atoms with Crippen molar-refractivity contribution in [3.8, 4) is 11.3 Å². The van der Waals surface area contributed by atoms with Crippen LogP contribution in [0.3, 0.4) is 0 Å². The summed E-state index contributed by atoms with van der Waals surface area (Å²) in [6.07, 6.45) is -0.939. The van der Waals surface area contributed by atoms with Crippen molar-refractivity contribution in [1.82, 2.24) is 20.3 Å². The fourth-order valence-corrected chi connectivity index (χ4v) is 5.88. The molecule has 0 bridgehead atoms. The first-order valence-electron chi connectivity index (χ1n) is 12.6. The van der Waals surface area contributed by atoms with Crippen LogP contribution in [0.25, 0.3) is 22.2 Å². The van der Waals surface area contributed by atoms with Gasteiger partial charge in [-0.2, -0.15) is 13.2 Å². The predicted molar refractivity (Wildman–Crippen MR) is 143 cm³/mol. The molecule has 15 heteroatoms. The lowest BCUT2D eigenvalue weighted by Crippen LogP contribution is -2.38. The van der Waals surface area contributed by atoms with Gasteiger partial charge in [-0.3, -0.25) is 0 Å². The number of aromatic nitrogens is 3. The van der Waals surface area contributed by atoms with Crippen LogP contribution in [0.1, 0.15) is 56.0 Å². The number of hydrogen-bond donors (Lipinski definition) is 3. The molecule has 3 N–H and O–H groups in total. The molecule has 1 aliphatic rings. The first kappa shape index (κ1) is 30.1. The van der Waals surface area contributed by atoms with Crippen molar-refractivity contribution in [2.45, 2.75) is 68.8 Å². The smallest absolute Gasteiger partial charge is 0.419 e. The molecule has 222 valence electrons. The van der Waals surface area contributed by atoms with Gasteiger partial charge in [-0.25, -0.2) is 28.0 Å². The molecule has 0 unspecified atom stereocenters. The van der Waals surface area contributed by atoms with E-state index >= 15 is 0 Å². The van der Waals surface area contributed by atoms with Crippen molar-refractivity contribution >= 4 is 38.8 Å². The van der Waals surface area contributed by atoms with E-state index in [4.69, 9.17) is 4.74 Å². The lowest BCUT2D eigenvalue weighted by molar-refractivity contribution is -0.137. The molecule has 0 spiro atoms. The highest BCUT2D eigenvalue weighted by Gasteiger charge is 2.37. The van der Waals surface area contributed by atoms with Crippen LogP contribution < -0.4 is 10.6 Å². The van der Waals surface area contributed by atoms with Crippen molar-refractivity contribution in [2.24, 2.45) is 0 Å². The van der Waals surface area contributed by atoms with Gasteiger partial charge in [-0.1, -0.05) is 6.07 Å². The Kier molecular flexibility index (Phi) is 7.95. The number of benzene rings is 1. The molecule has 1 aromatic carbocycles. The second-order valence-electron chi connectivity index (χ2n) is 10.8. The standard InChI is InChI=1S/C26H30F3N5O6S/c1-25(2,3)40-24(36)33-14-7-6-13(10-14)32-23-31-12-18(26(27,28)29)19(34-23)17-11-30-20-15(17)8-9-16(22(35)39-4)21(20)41(5,37)38/h8-9,11-14,30H,6-7,10H2,1-5H3,(H,33,36)(H,31,32,34)/t13-,14-/m0/s1. The number of sulfone groups is 1. The summed E-state index contributed by atoms with van der Waals surface area (Å²) in [5.74, 6) is -0.983. The average molecular weight is 598 g/mol. The Morgan fingerprint density at radius 2 is 1.80 bits per heavy atom. The van der Waals surface area contributed by atoms with Gasteiger partial charge in [-0.05, 0) is 46.1 Å². The number of methoxy groups -OCH3 is 1. The number of nitrogens with zero attached hydrogens (tertiary/aromatic N) is 2. The van der Waals surface area contributed by atoms with E-state index in [-0.39, 0.29) is 40.1 Å². The summed E-state index contributed by atoms with van der Waals surface area (Å²) in [5, 5.41) is 5.94. The summed E-state index contributed by atoms with van der Waals surface area (Å²) in [6.45, 7) is 5.25. The fourth-order valence-electron chi connectivity index (χ4n) is 4.79. The van der Waals surface area contributed by atoms with E-state index in [1.54, 1.807) is 20.8 Å². The third-order valence-corrected chi connectivity index (χ3v) is 7.59. The number of amides is 1. The van der Waals surface area contributed by atoms with Gasteiger partial charge in [0.15, 0.2) is 9.84 Å². The van der Waals surface area contributed by atoms with E-state index < -0.39 is 49.8 Å². The van der Waals surface area contributed by atoms with Crippen LogP contribution >= 0.6 is 0 Å². The number of H-pyrrole nitrogens is 1. The summed E-state index contributed by atoms with van der Waals surface area (Å²) >= 11 is 0. The summed E-state index contributed by atoms with van der Waals surface area (Å²) in [5.41, 5.74) is -2.61. The van der Waals surface area contributed by atoms with Crippen molar-refractivity contribution in [1.29, 1.82) is 0 Å². The maximum atomic E-state index is 14.0. The minimum atomic E-state index is -4.82. The Labute approximate surface area is 234 Å². The number of carbonyl (C=O) groups excluding carboxylic acids is 2. The Morgan fingerprint density at radius 3 is 2.41 bits per heavy atom. The van der Waals surface area contributed by atoms with Crippen molar-refractivity contribution in [3.05, 3.63) is 35.7 Å². The maximum Gasteiger partial charge on any atom is 0.419 e. The zero-order valence-electron chi connectivity index (χ0n) is 23.0. The van der Waals surface area contributed by atoms with Gasteiger partial charge in [0.25, 0.3) is 0 Å². The molecular weight excluding hydrogens is 567 g/mol. The SMILES string of the molecule is COC(=O)c1ccc2c(-c3nc(N[C@H]4CC[C@H](NC(=O)OC(C)(C)C)C4)ncc3C(F)(F)F)c[nH]c2c1S(C)(=O)=O. The lowest BCUT2D eigenvalue weighted by Gasteiger charge is -2.22. The number of rotatable bonds is 6. The topological polar surface area (TPSA) is 152 Å². The van der Waals surface area contributed by atoms with Gasteiger partial charge >= 0.3 is 18.2 Å². The molecule has 4 rings (SSSR count). The molecule has 0 aliphatic heterocycles. The first-order chi connectivity index (χ1) is 19.0. The summed E-state index contributed by atoms with van der Waals surface area (Å²) in [7, 11) is -2.92. The molecule has 41 heavy (non-hydrogen) atoms. The molecule has 1 saturated carbocycles. The molecule has 11 nitrogen and oxygen atoms in total. The molecule has 1 fully saturated rings. The zero-order chi connectivity index (χ0) is 30.3. The number of fused-ring (bicyclic) bond motifs is 1. The van der Waals surface area contributed by atoms with Crippen LogP contribution in [0.2, 0.25) is 0 Å². The van der Waals surface area contributed by atoms with Gasteiger partial charge in [0.1, 0.15) is 16.1 Å². The van der Waals surface area contributed by atoms with Crippen LogP contribution in [-0.4, -0.2) is 66.5 Å². The average Bonchev–Trinajstić information content (AvgIpc) is 3.46. The number of alkyl carbamates (subject to hydrolysis) is 1. The molecule has 1 aliphatic carbocycles. The number of nitrogens with one attached hydrogen (secondary N) is 3. The van der Waals surface area contributed by atoms with Crippen LogP contribution in [0.4, 0.5) is 23.9 Å². The van der Waals surface area contributed by atoms with Crippen molar-refractivity contribution < 1.29 is 40.7 Å². The minimum absolute atomic E-state index is 0.0324.